The van der Waals surface area contributed by atoms with Gasteiger partial charge < -0.3 is 19.1 Å². The van der Waals surface area contributed by atoms with E-state index in [1.807, 2.05) is 58.0 Å². The van der Waals surface area contributed by atoms with Crippen molar-refractivity contribution in [2.75, 3.05) is 26.3 Å². The second-order valence-electron chi connectivity index (χ2n) is 9.90. The van der Waals surface area contributed by atoms with E-state index in [1.165, 1.54) is 5.56 Å². The van der Waals surface area contributed by atoms with Gasteiger partial charge in [-0.05, 0) is 83.7 Å². The van der Waals surface area contributed by atoms with Gasteiger partial charge in [0, 0.05) is 30.5 Å². The summed E-state index contributed by atoms with van der Waals surface area (Å²) in [4.78, 5) is 19.2. The molecule has 1 fully saturated rings. The molecule has 0 aliphatic carbocycles. The molecule has 1 aliphatic heterocycles. The molecule has 1 aromatic heterocycles. The Kier molecular flexibility index (Phi) is 8.73. The predicted molar refractivity (Wildman–Crippen MR) is 130 cm³/mol. The first-order chi connectivity index (χ1) is 15.7. The SMILES string of the molecule is Cc1cc(C)nc(C[C@@H]2CN(C(=O)OC(C)(C)C)C[C@@H]2OCCCCOc2ccccc2)c1. The number of carbonyl (C=O) groups excluding carboxylic acids is 1. The number of benzene rings is 1. The van der Waals surface area contributed by atoms with Gasteiger partial charge in [0.15, 0.2) is 0 Å². The Morgan fingerprint density at radius 1 is 1.06 bits per heavy atom. The third-order valence-electron chi connectivity index (χ3n) is 5.54. The number of para-hydroxylation sites is 1. The van der Waals surface area contributed by atoms with Gasteiger partial charge in [0.1, 0.15) is 11.4 Å². The molecule has 2 atom stereocenters. The van der Waals surface area contributed by atoms with Crippen molar-refractivity contribution in [1.82, 2.24) is 9.88 Å². The normalized spacial score (nSPS) is 18.4. The lowest BCUT2D eigenvalue weighted by molar-refractivity contribution is 0.0167. The molecular weight excluding hydrogens is 416 g/mol. The number of unbranched alkanes of at least 4 members (excludes halogenated alkanes) is 1. The number of hydrogen-bond donors (Lipinski definition) is 0. The topological polar surface area (TPSA) is 60.9 Å². The highest BCUT2D eigenvalue weighted by Crippen LogP contribution is 2.26. The largest absolute Gasteiger partial charge is 0.494 e. The zero-order valence-corrected chi connectivity index (χ0v) is 20.7. The Hall–Kier alpha value is -2.60. The molecule has 0 saturated carbocycles. The predicted octanol–water partition coefficient (Wildman–Crippen LogP) is 5.35. The van der Waals surface area contributed by atoms with Crippen LogP contribution in [0.5, 0.6) is 5.75 Å². The van der Waals surface area contributed by atoms with Crippen LogP contribution in [0.15, 0.2) is 42.5 Å². The Bertz CT molecular complexity index is 874. The number of hydrogen-bond acceptors (Lipinski definition) is 5. The molecule has 6 nitrogen and oxygen atoms in total. The fourth-order valence-electron chi connectivity index (χ4n) is 4.15. The first-order valence-electron chi connectivity index (χ1n) is 11.9. The van der Waals surface area contributed by atoms with E-state index in [1.54, 1.807) is 4.90 Å². The number of pyridine rings is 1. The van der Waals surface area contributed by atoms with Gasteiger partial charge in [0.05, 0.1) is 19.3 Å². The second-order valence-corrected chi connectivity index (χ2v) is 9.90. The summed E-state index contributed by atoms with van der Waals surface area (Å²) in [6.07, 6.45) is 2.30. The Morgan fingerprint density at radius 2 is 1.79 bits per heavy atom. The molecule has 0 N–H and O–H groups in total. The number of rotatable bonds is 9. The summed E-state index contributed by atoms with van der Waals surface area (Å²) in [5.41, 5.74) is 2.76. The smallest absolute Gasteiger partial charge is 0.410 e. The third kappa shape index (κ3) is 8.35. The first kappa shape index (κ1) is 25.0. The number of carbonyl (C=O) groups is 1. The number of aromatic nitrogens is 1. The van der Waals surface area contributed by atoms with Crippen LogP contribution in [-0.2, 0) is 15.9 Å². The number of amides is 1. The zero-order chi connectivity index (χ0) is 23.8. The quantitative estimate of drug-likeness (QED) is 0.478. The molecule has 0 bridgehead atoms. The van der Waals surface area contributed by atoms with Crippen LogP contribution in [0, 0.1) is 19.8 Å². The molecule has 1 amide bonds. The lowest BCUT2D eigenvalue weighted by atomic mass is 9.98. The summed E-state index contributed by atoms with van der Waals surface area (Å²) in [7, 11) is 0. The molecular formula is C27H38N2O4. The lowest BCUT2D eigenvalue weighted by Gasteiger charge is -2.24. The van der Waals surface area contributed by atoms with Crippen molar-refractivity contribution in [3.05, 3.63) is 59.4 Å². The molecule has 33 heavy (non-hydrogen) atoms. The van der Waals surface area contributed by atoms with E-state index in [0.29, 0.717) is 26.3 Å². The molecule has 3 rings (SSSR count). The molecule has 1 aliphatic rings. The van der Waals surface area contributed by atoms with E-state index in [9.17, 15) is 4.79 Å². The fraction of sp³-hybridized carbons (Fsp3) is 0.556. The first-order valence-corrected chi connectivity index (χ1v) is 11.9. The average Bonchev–Trinajstić information content (AvgIpc) is 3.12. The molecule has 2 aromatic rings. The minimum atomic E-state index is -0.514. The van der Waals surface area contributed by atoms with Gasteiger partial charge in [-0.2, -0.15) is 0 Å². The van der Waals surface area contributed by atoms with Crippen molar-refractivity contribution in [1.29, 1.82) is 0 Å². The minimum Gasteiger partial charge on any atom is -0.494 e. The minimum absolute atomic E-state index is 0.0322. The molecule has 1 saturated heterocycles. The van der Waals surface area contributed by atoms with Crippen LogP contribution in [0.25, 0.3) is 0 Å². The van der Waals surface area contributed by atoms with E-state index in [4.69, 9.17) is 19.2 Å². The Labute approximate surface area is 198 Å². The van der Waals surface area contributed by atoms with Gasteiger partial charge in [0.2, 0.25) is 0 Å². The molecule has 180 valence electrons. The van der Waals surface area contributed by atoms with Crippen LogP contribution < -0.4 is 4.74 Å². The van der Waals surface area contributed by atoms with Gasteiger partial charge in [-0.15, -0.1) is 0 Å². The maximum atomic E-state index is 12.7. The molecule has 0 radical (unpaired) electrons. The number of nitrogens with zero attached hydrogens (tertiary/aromatic N) is 2. The van der Waals surface area contributed by atoms with Crippen molar-refractivity contribution < 1.29 is 19.0 Å². The third-order valence-corrected chi connectivity index (χ3v) is 5.54. The summed E-state index contributed by atoms with van der Waals surface area (Å²) in [6, 6.07) is 14.1. The number of ether oxygens (including phenoxy) is 3. The van der Waals surface area contributed by atoms with Crippen molar-refractivity contribution in [2.24, 2.45) is 5.92 Å². The summed E-state index contributed by atoms with van der Waals surface area (Å²) in [5.74, 6) is 1.08. The van der Waals surface area contributed by atoms with Crippen LogP contribution in [0.4, 0.5) is 4.79 Å². The average molecular weight is 455 g/mol. The molecule has 1 aromatic carbocycles. The van der Waals surface area contributed by atoms with Crippen LogP contribution in [0.2, 0.25) is 0 Å². The summed E-state index contributed by atoms with van der Waals surface area (Å²) in [5, 5.41) is 0. The Morgan fingerprint density at radius 3 is 2.48 bits per heavy atom. The van der Waals surface area contributed by atoms with Crippen molar-refractivity contribution in [3.63, 3.8) is 0 Å². The zero-order valence-electron chi connectivity index (χ0n) is 20.7. The Balaban J connectivity index is 1.53. The lowest BCUT2D eigenvalue weighted by Crippen LogP contribution is -2.36. The monoisotopic (exact) mass is 454 g/mol. The number of likely N-dealkylation sites (tertiary alicyclic amines) is 1. The van der Waals surface area contributed by atoms with E-state index in [-0.39, 0.29) is 18.1 Å². The fourth-order valence-corrected chi connectivity index (χ4v) is 4.15. The van der Waals surface area contributed by atoms with Crippen molar-refractivity contribution in [3.8, 4) is 5.75 Å². The van der Waals surface area contributed by atoms with Gasteiger partial charge in [-0.1, -0.05) is 18.2 Å². The highest BCUT2D eigenvalue weighted by atomic mass is 16.6. The van der Waals surface area contributed by atoms with Gasteiger partial charge in [0.25, 0.3) is 0 Å². The van der Waals surface area contributed by atoms with E-state index in [0.717, 1.165) is 36.4 Å². The van der Waals surface area contributed by atoms with Gasteiger partial charge >= 0.3 is 6.09 Å². The second kappa shape index (κ2) is 11.5. The van der Waals surface area contributed by atoms with Crippen LogP contribution in [0.3, 0.4) is 0 Å². The molecule has 2 heterocycles. The molecule has 0 spiro atoms. The highest BCUT2D eigenvalue weighted by Gasteiger charge is 2.38. The van der Waals surface area contributed by atoms with Crippen LogP contribution in [-0.4, -0.2) is 54.0 Å². The van der Waals surface area contributed by atoms with Crippen LogP contribution >= 0.6 is 0 Å². The molecule has 6 heteroatoms. The van der Waals surface area contributed by atoms with E-state index >= 15 is 0 Å². The summed E-state index contributed by atoms with van der Waals surface area (Å²) in [6.45, 7) is 12.3. The number of aryl methyl sites for hydroxylation is 2. The van der Waals surface area contributed by atoms with Crippen LogP contribution in [0.1, 0.15) is 50.6 Å². The van der Waals surface area contributed by atoms with Crippen molar-refractivity contribution in [2.45, 2.75) is 65.6 Å². The van der Waals surface area contributed by atoms with Crippen molar-refractivity contribution >= 4 is 6.09 Å². The van der Waals surface area contributed by atoms with Gasteiger partial charge in [-0.25, -0.2) is 4.79 Å². The van der Waals surface area contributed by atoms with Gasteiger partial charge in [-0.3, -0.25) is 4.98 Å². The van der Waals surface area contributed by atoms with E-state index in [2.05, 4.69) is 19.1 Å². The maximum absolute atomic E-state index is 12.7. The summed E-state index contributed by atoms with van der Waals surface area (Å²) < 4.78 is 17.6. The highest BCUT2D eigenvalue weighted by molar-refractivity contribution is 5.68. The van der Waals surface area contributed by atoms with E-state index < -0.39 is 5.60 Å². The summed E-state index contributed by atoms with van der Waals surface area (Å²) >= 11 is 0. The maximum Gasteiger partial charge on any atom is 0.410 e. The standard InChI is InChI=1S/C27H38N2O4/c1-20-15-21(2)28-23(16-20)17-22-18-29(26(30)33-27(3,4)5)19-25(22)32-14-10-9-13-31-24-11-7-6-8-12-24/h6-8,11-12,15-16,22,25H,9-10,13-14,17-19H2,1-5H3/t22-,25+/m1/s1. The molecule has 0 unspecified atom stereocenters.